The summed E-state index contributed by atoms with van der Waals surface area (Å²) in [7, 11) is 3.15. The minimum absolute atomic E-state index is 0.150. The maximum absolute atomic E-state index is 12.7. The van der Waals surface area contributed by atoms with Crippen LogP contribution in [0.2, 0.25) is 0 Å². The van der Waals surface area contributed by atoms with Crippen LogP contribution in [-0.4, -0.2) is 25.8 Å². The predicted octanol–water partition coefficient (Wildman–Crippen LogP) is 6.60. The number of benzene rings is 4. The summed E-state index contributed by atoms with van der Waals surface area (Å²) in [5.41, 5.74) is 4.79. The SMILES string of the molecule is COc1ccc2c(c1)O/C(=C\c1ccc(-c3ccc(/C=C4/Oc5cc(OC)ccc5C4=O)cc3)cc1)C2=O. The van der Waals surface area contributed by atoms with E-state index < -0.39 is 0 Å². The fourth-order valence-corrected chi connectivity index (χ4v) is 4.43. The molecule has 2 aliphatic heterocycles. The van der Waals surface area contributed by atoms with Crippen LogP contribution in [0.4, 0.5) is 0 Å². The summed E-state index contributed by atoms with van der Waals surface area (Å²) in [5.74, 6) is 2.54. The number of fused-ring (bicyclic) bond motifs is 2. The van der Waals surface area contributed by atoms with E-state index in [4.69, 9.17) is 18.9 Å². The van der Waals surface area contributed by atoms with Gasteiger partial charge in [0.05, 0.1) is 25.3 Å². The third kappa shape index (κ3) is 4.22. The van der Waals surface area contributed by atoms with Gasteiger partial charge in [-0.1, -0.05) is 48.5 Å². The van der Waals surface area contributed by atoms with Crippen LogP contribution >= 0.6 is 0 Å². The van der Waals surface area contributed by atoms with Crippen molar-refractivity contribution in [2.75, 3.05) is 14.2 Å². The number of rotatable bonds is 5. The standard InChI is InChI=1S/C32H22O6/c1-35-23-11-13-25-27(17-23)37-29(31(25)33)15-19-3-7-21(8-4-19)22-9-5-20(6-10-22)16-30-32(34)26-14-12-24(36-2)18-28(26)38-30/h3-18H,1-2H3/b29-15-,30-16+. The number of ketones is 2. The minimum Gasteiger partial charge on any atom is -0.497 e. The van der Waals surface area contributed by atoms with E-state index in [1.54, 1.807) is 62.8 Å². The van der Waals surface area contributed by atoms with E-state index in [2.05, 4.69) is 0 Å². The molecule has 0 radical (unpaired) electrons. The second-order valence-electron chi connectivity index (χ2n) is 8.85. The fourth-order valence-electron chi connectivity index (χ4n) is 4.43. The summed E-state index contributed by atoms with van der Waals surface area (Å²) in [4.78, 5) is 25.4. The quantitative estimate of drug-likeness (QED) is 0.286. The van der Waals surface area contributed by atoms with Gasteiger partial charge in [0.2, 0.25) is 11.6 Å². The number of Topliss-reactive ketones (excluding diaryl/α,β-unsaturated/α-hetero) is 2. The normalized spacial score (nSPS) is 15.7. The molecule has 38 heavy (non-hydrogen) atoms. The number of ether oxygens (including phenoxy) is 4. The first-order valence-electron chi connectivity index (χ1n) is 12.0. The first-order valence-corrected chi connectivity index (χ1v) is 12.0. The molecule has 6 nitrogen and oxygen atoms in total. The highest BCUT2D eigenvalue weighted by Gasteiger charge is 2.28. The van der Waals surface area contributed by atoms with Gasteiger partial charge in [0.25, 0.3) is 0 Å². The van der Waals surface area contributed by atoms with Crippen molar-refractivity contribution in [3.8, 4) is 34.1 Å². The number of carbonyl (C=O) groups excluding carboxylic acids is 2. The highest BCUT2D eigenvalue weighted by atomic mass is 16.5. The van der Waals surface area contributed by atoms with Crippen LogP contribution < -0.4 is 18.9 Å². The van der Waals surface area contributed by atoms with Gasteiger partial charge in [0.15, 0.2) is 11.5 Å². The zero-order valence-corrected chi connectivity index (χ0v) is 20.7. The molecule has 0 spiro atoms. The molecule has 6 rings (SSSR count). The molecule has 0 saturated carbocycles. The number of allylic oxidation sites excluding steroid dienone is 2. The van der Waals surface area contributed by atoms with Crippen molar-refractivity contribution in [2.24, 2.45) is 0 Å². The molecular formula is C32H22O6. The molecule has 2 heterocycles. The van der Waals surface area contributed by atoms with Gasteiger partial charge >= 0.3 is 0 Å². The molecule has 2 aliphatic rings. The average molecular weight is 503 g/mol. The van der Waals surface area contributed by atoms with Crippen molar-refractivity contribution < 1.29 is 28.5 Å². The largest absolute Gasteiger partial charge is 0.497 e. The Morgan fingerprint density at radius 1 is 0.553 bits per heavy atom. The summed E-state index contributed by atoms with van der Waals surface area (Å²) in [6.07, 6.45) is 3.47. The second-order valence-corrected chi connectivity index (χ2v) is 8.85. The van der Waals surface area contributed by atoms with Crippen molar-refractivity contribution in [1.82, 2.24) is 0 Å². The molecule has 0 aromatic heterocycles. The summed E-state index contributed by atoms with van der Waals surface area (Å²) in [6.45, 7) is 0. The Morgan fingerprint density at radius 3 is 1.32 bits per heavy atom. The Balaban J connectivity index is 1.17. The van der Waals surface area contributed by atoms with E-state index in [0.717, 1.165) is 22.3 Å². The third-order valence-corrected chi connectivity index (χ3v) is 6.50. The molecule has 0 bridgehead atoms. The number of hydrogen-bond acceptors (Lipinski definition) is 6. The van der Waals surface area contributed by atoms with Crippen molar-refractivity contribution >= 4 is 23.7 Å². The Kier molecular flexibility index (Phi) is 5.77. The van der Waals surface area contributed by atoms with Crippen molar-refractivity contribution in [1.29, 1.82) is 0 Å². The van der Waals surface area contributed by atoms with Crippen LogP contribution in [0.5, 0.6) is 23.0 Å². The highest BCUT2D eigenvalue weighted by Crippen LogP contribution is 2.36. The molecule has 0 saturated heterocycles. The Hall–Kier alpha value is -5.10. The van der Waals surface area contributed by atoms with Crippen molar-refractivity contribution in [3.05, 3.63) is 119 Å². The van der Waals surface area contributed by atoms with Crippen LogP contribution in [0, 0.1) is 0 Å². The zero-order valence-electron chi connectivity index (χ0n) is 20.7. The average Bonchev–Trinajstić information content (AvgIpc) is 3.43. The van der Waals surface area contributed by atoms with Gasteiger partial charge < -0.3 is 18.9 Å². The summed E-state index contributed by atoms with van der Waals surface area (Å²) >= 11 is 0. The molecule has 6 heteroatoms. The van der Waals surface area contributed by atoms with Gasteiger partial charge in [-0.15, -0.1) is 0 Å². The molecule has 4 aromatic rings. The van der Waals surface area contributed by atoms with Crippen molar-refractivity contribution in [3.63, 3.8) is 0 Å². The molecular weight excluding hydrogens is 480 g/mol. The van der Waals surface area contributed by atoms with Gasteiger partial charge in [0.1, 0.15) is 23.0 Å². The summed E-state index contributed by atoms with van der Waals surface area (Å²) < 4.78 is 22.0. The molecule has 186 valence electrons. The van der Waals surface area contributed by atoms with Crippen molar-refractivity contribution in [2.45, 2.75) is 0 Å². The topological polar surface area (TPSA) is 71.1 Å². The zero-order chi connectivity index (χ0) is 26.2. The molecule has 0 N–H and O–H groups in total. The molecule has 0 aliphatic carbocycles. The van der Waals surface area contributed by atoms with Gasteiger partial charge in [0, 0.05) is 12.1 Å². The maximum Gasteiger partial charge on any atom is 0.231 e. The summed E-state index contributed by atoms with van der Waals surface area (Å²) in [6, 6.07) is 26.0. The second kappa shape index (κ2) is 9.41. The number of methoxy groups -OCH3 is 2. The lowest BCUT2D eigenvalue weighted by molar-refractivity contribution is 0.101. The number of carbonyl (C=O) groups is 2. The van der Waals surface area contributed by atoms with Gasteiger partial charge in [-0.2, -0.15) is 0 Å². The fraction of sp³-hybridized carbons (Fsp3) is 0.0625. The Bertz CT molecular complexity index is 1520. The van der Waals surface area contributed by atoms with Crippen LogP contribution in [0.15, 0.2) is 96.4 Å². The monoisotopic (exact) mass is 502 g/mol. The first kappa shape index (κ1) is 23.3. The lowest BCUT2D eigenvalue weighted by atomic mass is 10.0. The van der Waals surface area contributed by atoms with Crippen LogP contribution in [-0.2, 0) is 0 Å². The summed E-state index contributed by atoms with van der Waals surface area (Å²) in [5, 5.41) is 0. The predicted molar refractivity (Wildman–Crippen MR) is 144 cm³/mol. The Labute approximate surface area is 219 Å². The maximum atomic E-state index is 12.7. The van der Waals surface area contributed by atoms with E-state index in [-0.39, 0.29) is 23.1 Å². The highest BCUT2D eigenvalue weighted by molar-refractivity contribution is 6.15. The molecule has 0 unspecified atom stereocenters. The lowest BCUT2D eigenvalue weighted by Crippen LogP contribution is -1.98. The molecule has 0 atom stereocenters. The molecule has 4 aromatic carbocycles. The lowest BCUT2D eigenvalue weighted by Gasteiger charge is -2.05. The third-order valence-electron chi connectivity index (χ3n) is 6.50. The van der Waals surface area contributed by atoms with E-state index >= 15 is 0 Å². The van der Waals surface area contributed by atoms with Crippen LogP contribution in [0.1, 0.15) is 31.8 Å². The van der Waals surface area contributed by atoms with Gasteiger partial charge in [-0.05, 0) is 58.7 Å². The van der Waals surface area contributed by atoms with E-state index in [9.17, 15) is 9.59 Å². The van der Waals surface area contributed by atoms with E-state index in [0.29, 0.717) is 34.1 Å². The van der Waals surface area contributed by atoms with Gasteiger partial charge in [-0.3, -0.25) is 9.59 Å². The van der Waals surface area contributed by atoms with E-state index in [1.165, 1.54) is 0 Å². The molecule has 0 fully saturated rings. The van der Waals surface area contributed by atoms with Gasteiger partial charge in [-0.25, -0.2) is 0 Å². The van der Waals surface area contributed by atoms with Crippen LogP contribution in [0.25, 0.3) is 23.3 Å². The first-order chi connectivity index (χ1) is 18.5. The van der Waals surface area contributed by atoms with E-state index in [1.807, 2.05) is 48.5 Å². The number of hydrogen-bond donors (Lipinski definition) is 0. The smallest absolute Gasteiger partial charge is 0.231 e. The van der Waals surface area contributed by atoms with Crippen LogP contribution in [0.3, 0.4) is 0 Å². The minimum atomic E-state index is -0.150. The molecule has 0 amide bonds. The Morgan fingerprint density at radius 2 is 0.947 bits per heavy atom.